The smallest absolute Gasteiger partial charge is 0.0707 e. The molecule has 3 atom stereocenters. The summed E-state index contributed by atoms with van der Waals surface area (Å²) in [7, 11) is 0. The van der Waals surface area contributed by atoms with Crippen LogP contribution in [0.4, 0.5) is 0 Å². The second-order valence-electron chi connectivity index (χ2n) is 6.61. The van der Waals surface area contributed by atoms with E-state index in [4.69, 9.17) is 4.74 Å². The van der Waals surface area contributed by atoms with Gasteiger partial charge in [-0.2, -0.15) is 0 Å². The molecule has 1 N–H and O–H groups in total. The molecule has 3 nitrogen and oxygen atoms in total. The van der Waals surface area contributed by atoms with E-state index in [9.17, 15) is 0 Å². The van der Waals surface area contributed by atoms with E-state index in [1.165, 1.54) is 38.6 Å². The zero-order valence-electron chi connectivity index (χ0n) is 13.0. The maximum absolute atomic E-state index is 6.19. The highest BCUT2D eigenvalue weighted by Gasteiger charge is 2.32. The quantitative estimate of drug-likeness (QED) is 0.718. The van der Waals surface area contributed by atoms with Crippen LogP contribution in [0.3, 0.4) is 0 Å². The third-order valence-corrected chi connectivity index (χ3v) is 4.62. The van der Waals surface area contributed by atoms with Gasteiger partial charge in [-0.25, -0.2) is 0 Å². The number of nitrogens with one attached hydrogen (secondary N) is 1. The summed E-state index contributed by atoms with van der Waals surface area (Å²) in [5, 5.41) is 3.48. The first kappa shape index (κ1) is 15.3. The number of rotatable bonds is 7. The second-order valence-corrected chi connectivity index (χ2v) is 6.61. The van der Waals surface area contributed by atoms with Crippen LogP contribution in [0.5, 0.6) is 0 Å². The lowest BCUT2D eigenvalue weighted by Crippen LogP contribution is -2.39. The summed E-state index contributed by atoms with van der Waals surface area (Å²) < 4.78 is 6.19. The minimum Gasteiger partial charge on any atom is -0.372 e. The van der Waals surface area contributed by atoms with Gasteiger partial charge in [-0.3, -0.25) is 4.90 Å². The van der Waals surface area contributed by atoms with E-state index in [-0.39, 0.29) is 0 Å². The van der Waals surface area contributed by atoms with Crippen LogP contribution in [0.2, 0.25) is 0 Å². The molecule has 2 fully saturated rings. The molecule has 19 heavy (non-hydrogen) atoms. The molecule has 2 rings (SSSR count). The van der Waals surface area contributed by atoms with Gasteiger partial charge >= 0.3 is 0 Å². The van der Waals surface area contributed by atoms with Gasteiger partial charge in [0.25, 0.3) is 0 Å². The second kappa shape index (κ2) is 7.61. The Morgan fingerprint density at radius 2 is 2.00 bits per heavy atom. The highest BCUT2D eigenvalue weighted by Crippen LogP contribution is 2.27. The lowest BCUT2D eigenvalue weighted by molar-refractivity contribution is 0.0175. The molecule has 3 heteroatoms. The zero-order valence-corrected chi connectivity index (χ0v) is 13.0. The van der Waals surface area contributed by atoms with Crippen LogP contribution in [0.15, 0.2) is 0 Å². The molecule has 0 aromatic carbocycles. The molecular weight excluding hydrogens is 236 g/mol. The minimum atomic E-state index is 0.455. The molecule has 0 aromatic heterocycles. The van der Waals surface area contributed by atoms with Crippen molar-refractivity contribution in [3.05, 3.63) is 0 Å². The van der Waals surface area contributed by atoms with Gasteiger partial charge in [0.05, 0.1) is 12.2 Å². The Hall–Kier alpha value is -0.120. The third-order valence-electron chi connectivity index (χ3n) is 4.62. The molecule has 2 heterocycles. The highest BCUT2D eigenvalue weighted by molar-refractivity contribution is 4.85. The van der Waals surface area contributed by atoms with E-state index in [1.54, 1.807) is 0 Å². The Kier molecular flexibility index (Phi) is 6.11. The van der Waals surface area contributed by atoms with Gasteiger partial charge in [0.1, 0.15) is 0 Å². The fourth-order valence-electron chi connectivity index (χ4n) is 3.60. The topological polar surface area (TPSA) is 24.5 Å². The van der Waals surface area contributed by atoms with Crippen molar-refractivity contribution in [2.45, 2.75) is 71.1 Å². The predicted octanol–water partition coefficient (Wildman–Crippen LogP) is 2.65. The Morgan fingerprint density at radius 1 is 1.21 bits per heavy atom. The Bertz CT molecular complexity index is 257. The average Bonchev–Trinajstić information content (AvgIpc) is 2.99. The maximum Gasteiger partial charge on any atom is 0.0707 e. The summed E-state index contributed by atoms with van der Waals surface area (Å²) in [5.74, 6) is 0.783. The summed E-state index contributed by atoms with van der Waals surface area (Å²) in [6.45, 7) is 11.5. The standard InChI is InChI=1S/C16H32N2O/c1-4-9-17-11-14-7-8-15(19-14)12-18-10-5-6-16(18)13(2)3/h13-17H,4-12H2,1-3H3. The number of hydrogen-bond donors (Lipinski definition) is 1. The van der Waals surface area contributed by atoms with Gasteiger partial charge in [-0.05, 0) is 51.1 Å². The summed E-state index contributed by atoms with van der Waals surface area (Å²) in [4.78, 5) is 2.68. The minimum absolute atomic E-state index is 0.455. The van der Waals surface area contributed by atoms with Crippen molar-refractivity contribution in [2.75, 3.05) is 26.2 Å². The van der Waals surface area contributed by atoms with E-state index >= 15 is 0 Å². The molecule has 0 spiro atoms. The van der Waals surface area contributed by atoms with E-state index < -0.39 is 0 Å². The van der Waals surface area contributed by atoms with E-state index in [0.29, 0.717) is 12.2 Å². The van der Waals surface area contributed by atoms with Crippen molar-refractivity contribution >= 4 is 0 Å². The van der Waals surface area contributed by atoms with Crippen molar-refractivity contribution in [3.8, 4) is 0 Å². The third kappa shape index (κ3) is 4.44. The van der Waals surface area contributed by atoms with Gasteiger partial charge in [0, 0.05) is 19.1 Å². The molecule has 3 unspecified atom stereocenters. The SMILES string of the molecule is CCCNCC1CCC(CN2CCCC2C(C)C)O1. The lowest BCUT2D eigenvalue weighted by atomic mass is 10.0. The molecule has 0 aliphatic carbocycles. The largest absolute Gasteiger partial charge is 0.372 e. The van der Waals surface area contributed by atoms with Gasteiger partial charge in [0.15, 0.2) is 0 Å². The zero-order chi connectivity index (χ0) is 13.7. The molecule has 0 aromatic rings. The molecule has 0 saturated carbocycles. The summed E-state index contributed by atoms with van der Waals surface area (Å²) in [5.41, 5.74) is 0. The van der Waals surface area contributed by atoms with E-state index in [1.807, 2.05) is 0 Å². The number of nitrogens with zero attached hydrogens (tertiary/aromatic N) is 1. The normalized spacial score (nSPS) is 32.5. The molecule has 2 saturated heterocycles. The maximum atomic E-state index is 6.19. The fourth-order valence-corrected chi connectivity index (χ4v) is 3.60. The van der Waals surface area contributed by atoms with E-state index in [2.05, 4.69) is 31.0 Å². The Morgan fingerprint density at radius 3 is 2.74 bits per heavy atom. The first-order chi connectivity index (χ1) is 9.20. The van der Waals surface area contributed by atoms with Crippen LogP contribution in [0.25, 0.3) is 0 Å². The monoisotopic (exact) mass is 268 g/mol. The summed E-state index contributed by atoms with van der Waals surface area (Å²) in [6, 6.07) is 0.792. The summed E-state index contributed by atoms with van der Waals surface area (Å²) >= 11 is 0. The Labute approximate surface area is 119 Å². The van der Waals surface area contributed by atoms with Crippen LogP contribution in [-0.2, 0) is 4.74 Å². The first-order valence-electron chi connectivity index (χ1n) is 8.31. The molecule has 0 amide bonds. The van der Waals surface area contributed by atoms with Crippen LogP contribution < -0.4 is 5.32 Å². The average molecular weight is 268 g/mol. The molecule has 2 aliphatic rings. The molecule has 0 radical (unpaired) electrons. The number of hydrogen-bond acceptors (Lipinski definition) is 3. The van der Waals surface area contributed by atoms with Crippen molar-refractivity contribution < 1.29 is 4.74 Å². The van der Waals surface area contributed by atoms with Crippen molar-refractivity contribution in [3.63, 3.8) is 0 Å². The van der Waals surface area contributed by atoms with Gasteiger partial charge in [-0.1, -0.05) is 20.8 Å². The Balaban J connectivity index is 1.69. The number of likely N-dealkylation sites (tertiary alicyclic amines) is 1. The van der Waals surface area contributed by atoms with Gasteiger partial charge in [-0.15, -0.1) is 0 Å². The van der Waals surface area contributed by atoms with Crippen LogP contribution in [-0.4, -0.2) is 49.3 Å². The fraction of sp³-hybridized carbons (Fsp3) is 1.00. The van der Waals surface area contributed by atoms with E-state index in [0.717, 1.165) is 31.6 Å². The molecule has 2 aliphatic heterocycles. The van der Waals surface area contributed by atoms with Crippen molar-refractivity contribution in [2.24, 2.45) is 5.92 Å². The van der Waals surface area contributed by atoms with Crippen molar-refractivity contribution in [1.29, 1.82) is 0 Å². The van der Waals surface area contributed by atoms with Crippen molar-refractivity contribution in [1.82, 2.24) is 10.2 Å². The molecule has 0 bridgehead atoms. The number of ether oxygens (including phenoxy) is 1. The van der Waals surface area contributed by atoms with Crippen LogP contribution in [0.1, 0.15) is 52.9 Å². The molecular formula is C16H32N2O. The lowest BCUT2D eigenvalue weighted by Gasteiger charge is -2.29. The van der Waals surface area contributed by atoms with Gasteiger partial charge < -0.3 is 10.1 Å². The highest BCUT2D eigenvalue weighted by atomic mass is 16.5. The van der Waals surface area contributed by atoms with Gasteiger partial charge in [0.2, 0.25) is 0 Å². The predicted molar refractivity (Wildman–Crippen MR) is 80.5 cm³/mol. The van der Waals surface area contributed by atoms with Crippen LogP contribution in [0, 0.1) is 5.92 Å². The summed E-state index contributed by atoms with van der Waals surface area (Å²) in [6.07, 6.45) is 7.38. The first-order valence-corrected chi connectivity index (χ1v) is 8.31. The molecule has 112 valence electrons. The van der Waals surface area contributed by atoms with Crippen LogP contribution >= 0.6 is 0 Å².